The van der Waals surface area contributed by atoms with Crippen LogP contribution < -0.4 is 10.0 Å². The predicted molar refractivity (Wildman–Crippen MR) is 163 cm³/mol. The Morgan fingerprint density at radius 3 is 1.93 bits per heavy atom. The second kappa shape index (κ2) is 12.5. The van der Waals surface area contributed by atoms with E-state index in [2.05, 4.69) is 30.2 Å². The van der Waals surface area contributed by atoms with Gasteiger partial charge in [-0.2, -0.15) is 0 Å². The molecule has 12 heteroatoms. The highest BCUT2D eigenvalue weighted by molar-refractivity contribution is 8.00. The number of nitrogens with zero attached hydrogens (tertiary/aromatic N) is 5. The quantitative estimate of drug-likeness (QED) is 0.210. The van der Waals surface area contributed by atoms with Crippen LogP contribution in [0.4, 0.5) is 11.6 Å². The van der Waals surface area contributed by atoms with Gasteiger partial charge in [-0.15, -0.1) is 10.2 Å². The third-order valence-corrected chi connectivity index (χ3v) is 8.35. The highest BCUT2D eigenvalue weighted by atomic mass is 32.2. The smallest absolute Gasteiger partial charge is 0.264 e. The van der Waals surface area contributed by atoms with Crippen LogP contribution in [0.2, 0.25) is 0 Å². The minimum atomic E-state index is -3.92. The molecule has 10 nitrogen and oxygen atoms in total. The van der Waals surface area contributed by atoms with Crippen molar-refractivity contribution >= 4 is 39.3 Å². The molecular weight excluding hydrogens is 571 g/mol. The Kier molecular flexibility index (Phi) is 8.55. The van der Waals surface area contributed by atoms with Crippen molar-refractivity contribution in [1.29, 1.82) is 0 Å². The molecule has 2 N–H and O–H groups in total. The Morgan fingerprint density at radius 1 is 0.762 bits per heavy atom. The van der Waals surface area contributed by atoms with Crippen molar-refractivity contribution in [3.05, 3.63) is 102 Å². The first-order valence-electron chi connectivity index (χ1n) is 13.0. The van der Waals surface area contributed by atoms with Crippen LogP contribution in [0.5, 0.6) is 0 Å². The number of nitrogens with one attached hydrogen (secondary N) is 2. The lowest BCUT2D eigenvalue weighted by Crippen LogP contribution is -2.23. The second-order valence-corrected chi connectivity index (χ2v) is 12.4. The summed E-state index contributed by atoms with van der Waals surface area (Å²) >= 11 is 1.18. The maximum atomic E-state index is 13.0. The number of rotatable bonds is 9. The molecule has 2 aromatic heterocycles. The third-order valence-electron chi connectivity index (χ3n) is 6.05. The van der Waals surface area contributed by atoms with Crippen LogP contribution in [0.25, 0.3) is 22.5 Å². The van der Waals surface area contributed by atoms with Gasteiger partial charge in [0.25, 0.3) is 10.0 Å². The van der Waals surface area contributed by atoms with E-state index in [1.807, 2.05) is 60.7 Å². The van der Waals surface area contributed by atoms with Gasteiger partial charge in [0.05, 0.1) is 10.1 Å². The third kappa shape index (κ3) is 6.96. The van der Waals surface area contributed by atoms with Gasteiger partial charge in [-0.25, -0.2) is 28.1 Å². The molecule has 0 saturated heterocycles. The standard InChI is InChI=1S/C30H27N7O3S2/c1-19-18-20(2)32-29(31-19)37-42(39,40)25-16-14-24(15-17-25)33-28(38)21(3)41-30-34-26(22-10-6-4-7-11-22)27(35-36-30)23-12-8-5-9-13-23/h4-18,21H,1-3H3,(H,33,38)(H,31,32,37). The molecule has 2 heterocycles. The van der Waals surface area contributed by atoms with E-state index >= 15 is 0 Å². The summed E-state index contributed by atoms with van der Waals surface area (Å²) in [7, 11) is -3.92. The summed E-state index contributed by atoms with van der Waals surface area (Å²) < 4.78 is 28.0. The number of sulfonamides is 1. The number of carbonyl (C=O) groups is 1. The summed E-state index contributed by atoms with van der Waals surface area (Å²) in [6.45, 7) is 5.25. The fraction of sp³-hybridized carbons (Fsp3) is 0.133. The second-order valence-electron chi connectivity index (χ2n) is 9.38. The van der Waals surface area contributed by atoms with E-state index in [1.165, 1.54) is 36.0 Å². The van der Waals surface area contributed by atoms with E-state index in [0.717, 1.165) is 11.1 Å². The van der Waals surface area contributed by atoms with E-state index in [1.54, 1.807) is 26.8 Å². The van der Waals surface area contributed by atoms with Gasteiger partial charge >= 0.3 is 0 Å². The van der Waals surface area contributed by atoms with Crippen LogP contribution >= 0.6 is 11.8 Å². The van der Waals surface area contributed by atoms with Gasteiger partial charge in [0.1, 0.15) is 11.4 Å². The Labute approximate surface area is 248 Å². The Morgan fingerprint density at radius 2 is 1.33 bits per heavy atom. The topological polar surface area (TPSA) is 140 Å². The Hall–Kier alpha value is -4.68. The van der Waals surface area contributed by atoms with Crippen molar-refractivity contribution in [2.45, 2.75) is 36.1 Å². The van der Waals surface area contributed by atoms with Crippen molar-refractivity contribution in [2.75, 3.05) is 10.0 Å². The summed E-state index contributed by atoms with van der Waals surface area (Å²) in [6, 6.07) is 27.0. The number of benzene rings is 3. The molecule has 0 saturated carbocycles. The molecule has 3 aromatic carbocycles. The van der Waals surface area contributed by atoms with Crippen LogP contribution in [0.1, 0.15) is 18.3 Å². The molecule has 0 aliphatic carbocycles. The molecule has 0 spiro atoms. The lowest BCUT2D eigenvalue weighted by atomic mass is 10.0. The summed E-state index contributed by atoms with van der Waals surface area (Å²) in [4.78, 5) is 26.0. The lowest BCUT2D eigenvalue weighted by molar-refractivity contribution is -0.115. The molecule has 0 bridgehead atoms. The molecule has 5 rings (SSSR count). The van der Waals surface area contributed by atoms with Gasteiger partial charge in [-0.3, -0.25) is 4.79 Å². The van der Waals surface area contributed by atoms with Crippen LogP contribution in [0.15, 0.2) is 101 Å². The lowest BCUT2D eigenvalue weighted by Gasteiger charge is -2.13. The van der Waals surface area contributed by atoms with Gasteiger partial charge in [0.2, 0.25) is 17.0 Å². The maximum Gasteiger partial charge on any atom is 0.264 e. The van der Waals surface area contributed by atoms with Crippen LogP contribution in [0, 0.1) is 13.8 Å². The average Bonchev–Trinajstić information content (AvgIpc) is 2.97. The molecule has 1 amide bonds. The monoisotopic (exact) mass is 597 g/mol. The number of hydrogen-bond acceptors (Lipinski definition) is 9. The molecular formula is C30H27N7O3S2. The fourth-order valence-corrected chi connectivity index (χ4v) is 5.73. The van der Waals surface area contributed by atoms with Crippen molar-refractivity contribution in [1.82, 2.24) is 25.1 Å². The number of anilines is 2. The van der Waals surface area contributed by atoms with Gasteiger partial charge in [-0.1, -0.05) is 72.4 Å². The van der Waals surface area contributed by atoms with E-state index in [4.69, 9.17) is 4.98 Å². The SMILES string of the molecule is Cc1cc(C)nc(NS(=O)(=O)c2ccc(NC(=O)C(C)Sc3nnc(-c4ccccc4)c(-c4ccccc4)n3)cc2)n1. The minimum Gasteiger partial charge on any atom is -0.325 e. The highest BCUT2D eigenvalue weighted by Crippen LogP contribution is 2.31. The molecule has 0 aliphatic heterocycles. The largest absolute Gasteiger partial charge is 0.325 e. The Balaban J connectivity index is 1.28. The molecule has 1 atom stereocenters. The van der Waals surface area contributed by atoms with E-state index in [0.29, 0.717) is 33.6 Å². The van der Waals surface area contributed by atoms with Gasteiger partial charge in [0.15, 0.2) is 0 Å². The predicted octanol–water partition coefficient (Wildman–Crippen LogP) is 5.53. The molecule has 42 heavy (non-hydrogen) atoms. The van der Waals surface area contributed by atoms with Crippen LogP contribution in [-0.4, -0.2) is 44.7 Å². The first kappa shape index (κ1) is 28.8. The van der Waals surface area contributed by atoms with Gasteiger partial charge < -0.3 is 5.32 Å². The zero-order chi connectivity index (χ0) is 29.7. The number of thioether (sulfide) groups is 1. The number of hydrogen-bond donors (Lipinski definition) is 2. The summed E-state index contributed by atoms with van der Waals surface area (Å²) in [6.07, 6.45) is 0. The summed E-state index contributed by atoms with van der Waals surface area (Å²) in [5.41, 5.74) is 4.84. The number of carbonyl (C=O) groups excluding carboxylic acids is 1. The van der Waals surface area contributed by atoms with E-state index in [-0.39, 0.29) is 16.8 Å². The van der Waals surface area contributed by atoms with Crippen LogP contribution in [-0.2, 0) is 14.8 Å². The molecule has 0 aliphatic rings. The van der Waals surface area contributed by atoms with Crippen LogP contribution in [0.3, 0.4) is 0 Å². The van der Waals surface area contributed by atoms with Gasteiger partial charge in [0, 0.05) is 28.2 Å². The fourth-order valence-electron chi connectivity index (χ4n) is 4.07. The van der Waals surface area contributed by atoms with Crippen molar-refractivity contribution < 1.29 is 13.2 Å². The zero-order valence-electron chi connectivity index (χ0n) is 23.0. The average molecular weight is 598 g/mol. The maximum absolute atomic E-state index is 13.0. The zero-order valence-corrected chi connectivity index (χ0v) is 24.6. The number of amides is 1. The minimum absolute atomic E-state index is 0.000314. The van der Waals surface area contributed by atoms with Crippen molar-refractivity contribution in [2.24, 2.45) is 0 Å². The highest BCUT2D eigenvalue weighted by Gasteiger charge is 2.21. The first-order valence-corrected chi connectivity index (χ1v) is 15.3. The number of aromatic nitrogens is 5. The molecule has 212 valence electrons. The molecule has 1 unspecified atom stereocenters. The molecule has 5 aromatic rings. The summed E-state index contributed by atoms with van der Waals surface area (Å²) in [5, 5.41) is 11.4. The molecule has 0 fully saturated rings. The normalized spacial score (nSPS) is 12.0. The molecule has 0 radical (unpaired) electrons. The van der Waals surface area contributed by atoms with E-state index in [9.17, 15) is 13.2 Å². The number of aryl methyl sites for hydroxylation is 2. The van der Waals surface area contributed by atoms with Gasteiger partial charge in [-0.05, 0) is 51.1 Å². The first-order chi connectivity index (χ1) is 20.2. The van der Waals surface area contributed by atoms with Crippen molar-refractivity contribution in [3.8, 4) is 22.5 Å². The Bertz CT molecular complexity index is 1800. The van der Waals surface area contributed by atoms with E-state index < -0.39 is 15.3 Å². The summed E-state index contributed by atoms with van der Waals surface area (Å²) in [5.74, 6) is -0.297. The van der Waals surface area contributed by atoms with Crippen molar-refractivity contribution in [3.63, 3.8) is 0 Å².